The van der Waals surface area contributed by atoms with Crippen molar-refractivity contribution in [1.82, 2.24) is 19.5 Å². The van der Waals surface area contributed by atoms with Gasteiger partial charge in [0.25, 0.3) is 0 Å². The zero-order valence-corrected chi connectivity index (χ0v) is 16.2. The molecule has 0 unspecified atom stereocenters. The van der Waals surface area contributed by atoms with Crippen molar-refractivity contribution in [2.45, 2.75) is 33.4 Å². The molecule has 0 bridgehead atoms. The Balaban J connectivity index is 1.76. The summed E-state index contributed by atoms with van der Waals surface area (Å²) in [6.45, 7) is 5.28. The summed E-state index contributed by atoms with van der Waals surface area (Å²) in [7, 11) is 0. The fraction of sp³-hybridized carbons (Fsp3) is 0.227. The molecule has 0 saturated heterocycles. The van der Waals surface area contributed by atoms with Gasteiger partial charge in [0, 0.05) is 30.6 Å². The molecule has 0 spiro atoms. The Kier molecular flexibility index (Phi) is 5.04. The van der Waals surface area contributed by atoms with Gasteiger partial charge < -0.3 is 11.1 Å². The summed E-state index contributed by atoms with van der Waals surface area (Å²) in [5, 5.41) is 4.47. The third-order valence-corrected chi connectivity index (χ3v) is 4.82. The highest BCUT2D eigenvalue weighted by Gasteiger charge is 2.14. The molecule has 0 atom stereocenters. The van der Waals surface area contributed by atoms with Crippen LogP contribution >= 0.6 is 0 Å². The molecule has 142 valence electrons. The number of nitrogens with zero attached hydrogens (tertiary/aromatic N) is 4. The van der Waals surface area contributed by atoms with E-state index in [1.54, 1.807) is 0 Å². The number of fused-ring (bicyclic) bond motifs is 1. The summed E-state index contributed by atoms with van der Waals surface area (Å²) in [6, 6.07) is 18.5. The molecular weight excluding hydrogens is 348 g/mol. The lowest BCUT2D eigenvalue weighted by Gasteiger charge is -2.11. The molecule has 0 aliphatic heterocycles. The Labute approximate surface area is 164 Å². The Morgan fingerprint density at radius 3 is 2.57 bits per heavy atom. The molecule has 3 N–H and O–H groups in total. The second kappa shape index (κ2) is 7.78. The molecule has 0 amide bonds. The molecule has 0 aliphatic carbocycles. The van der Waals surface area contributed by atoms with Gasteiger partial charge in [-0.25, -0.2) is 0 Å². The number of hydrogen-bond acceptors (Lipinski definition) is 5. The lowest BCUT2D eigenvalue weighted by Crippen LogP contribution is -2.12. The fourth-order valence-electron chi connectivity index (χ4n) is 3.39. The molecule has 2 heterocycles. The topological polar surface area (TPSA) is 81.7 Å². The summed E-state index contributed by atoms with van der Waals surface area (Å²) in [5.74, 6) is 1.97. The Hall–Kier alpha value is -3.25. The van der Waals surface area contributed by atoms with E-state index in [2.05, 4.69) is 57.1 Å². The largest absolute Gasteiger partial charge is 0.350 e. The first kappa shape index (κ1) is 18.1. The highest BCUT2D eigenvalue weighted by molar-refractivity contribution is 5.86. The predicted octanol–water partition coefficient (Wildman–Crippen LogP) is 3.76. The third kappa shape index (κ3) is 3.46. The first-order valence-electron chi connectivity index (χ1n) is 9.52. The Morgan fingerprint density at radius 2 is 1.82 bits per heavy atom. The zero-order chi connectivity index (χ0) is 19.5. The molecular formula is C22H24N6. The van der Waals surface area contributed by atoms with Crippen molar-refractivity contribution in [1.29, 1.82) is 0 Å². The average Bonchev–Trinajstić information content (AvgIpc) is 3.08. The van der Waals surface area contributed by atoms with Crippen LogP contribution in [0.3, 0.4) is 0 Å². The van der Waals surface area contributed by atoms with Gasteiger partial charge in [-0.3, -0.25) is 4.57 Å². The maximum atomic E-state index is 5.92. The van der Waals surface area contributed by atoms with Gasteiger partial charge in [-0.05, 0) is 30.2 Å². The number of benzene rings is 2. The summed E-state index contributed by atoms with van der Waals surface area (Å²) < 4.78 is 2.07. The zero-order valence-electron chi connectivity index (χ0n) is 16.2. The summed E-state index contributed by atoms with van der Waals surface area (Å²) >= 11 is 0. The highest BCUT2D eigenvalue weighted by atomic mass is 15.2. The first-order valence-corrected chi connectivity index (χ1v) is 9.52. The van der Waals surface area contributed by atoms with Gasteiger partial charge in [-0.1, -0.05) is 49.4 Å². The smallest absolute Gasteiger partial charge is 0.239 e. The SMILES string of the molecule is CCc1nc(NCc2ccccc2)nc(-n2c(C)cc3c(CN)cccc32)n1. The number of anilines is 1. The van der Waals surface area contributed by atoms with Crippen LogP contribution in [0, 0.1) is 6.92 Å². The van der Waals surface area contributed by atoms with Gasteiger partial charge in [0.15, 0.2) is 0 Å². The molecule has 2 aromatic carbocycles. The van der Waals surface area contributed by atoms with Crippen molar-refractivity contribution in [3.8, 4) is 5.95 Å². The molecule has 6 heteroatoms. The van der Waals surface area contributed by atoms with Crippen molar-refractivity contribution in [2.75, 3.05) is 5.32 Å². The Morgan fingerprint density at radius 1 is 1.00 bits per heavy atom. The van der Waals surface area contributed by atoms with Crippen LogP contribution in [0.2, 0.25) is 0 Å². The van der Waals surface area contributed by atoms with Gasteiger partial charge in [-0.2, -0.15) is 15.0 Å². The standard InChI is InChI=1S/C22H24N6/c1-3-20-25-21(24-14-16-8-5-4-6-9-16)27-22(26-20)28-15(2)12-18-17(13-23)10-7-11-19(18)28/h4-12H,3,13-14,23H2,1-2H3,(H,24,25,26,27). The van der Waals surface area contributed by atoms with E-state index >= 15 is 0 Å². The highest BCUT2D eigenvalue weighted by Crippen LogP contribution is 2.25. The van der Waals surface area contributed by atoms with E-state index in [9.17, 15) is 0 Å². The van der Waals surface area contributed by atoms with Crippen LogP contribution < -0.4 is 11.1 Å². The molecule has 0 aliphatic rings. The minimum Gasteiger partial charge on any atom is -0.350 e. The maximum absolute atomic E-state index is 5.92. The van der Waals surface area contributed by atoms with Crippen LogP contribution in [-0.4, -0.2) is 19.5 Å². The molecule has 4 aromatic rings. The molecule has 2 aromatic heterocycles. The van der Waals surface area contributed by atoms with Gasteiger partial charge >= 0.3 is 0 Å². The van der Waals surface area contributed by atoms with Gasteiger partial charge in [-0.15, -0.1) is 0 Å². The fourth-order valence-corrected chi connectivity index (χ4v) is 3.39. The second-order valence-electron chi connectivity index (χ2n) is 6.74. The van der Waals surface area contributed by atoms with E-state index in [0.29, 0.717) is 25.0 Å². The molecule has 4 rings (SSSR count). The van der Waals surface area contributed by atoms with Crippen LogP contribution in [0.1, 0.15) is 29.6 Å². The number of aromatic nitrogens is 4. The van der Waals surface area contributed by atoms with Crippen LogP contribution in [0.5, 0.6) is 0 Å². The minimum absolute atomic E-state index is 0.502. The number of rotatable bonds is 6. The van der Waals surface area contributed by atoms with E-state index in [1.807, 2.05) is 31.2 Å². The van der Waals surface area contributed by atoms with Gasteiger partial charge in [0.05, 0.1) is 5.52 Å². The van der Waals surface area contributed by atoms with E-state index < -0.39 is 0 Å². The van der Waals surface area contributed by atoms with E-state index in [-0.39, 0.29) is 0 Å². The van der Waals surface area contributed by atoms with Crippen LogP contribution in [0.15, 0.2) is 54.6 Å². The van der Waals surface area contributed by atoms with Crippen molar-refractivity contribution in [3.63, 3.8) is 0 Å². The molecule has 28 heavy (non-hydrogen) atoms. The number of aryl methyl sites for hydroxylation is 2. The second-order valence-corrected chi connectivity index (χ2v) is 6.74. The van der Waals surface area contributed by atoms with Crippen molar-refractivity contribution >= 4 is 16.9 Å². The number of hydrogen-bond donors (Lipinski definition) is 2. The number of nitrogens with two attached hydrogens (primary N) is 1. The number of nitrogens with one attached hydrogen (secondary N) is 1. The van der Waals surface area contributed by atoms with Gasteiger partial charge in [0.2, 0.25) is 11.9 Å². The van der Waals surface area contributed by atoms with E-state index in [1.165, 1.54) is 5.56 Å². The lowest BCUT2D eigenvalue weighted by molar-refractivity contribution is 0.832. The molecule has 0 saturated carbocycles. The third-order valence-electron chi connectivity index (χ3n) is 4.82. The maximum Gasteiger partial charge on any atom is 0.239 e. The molecule has 6 nitrogen and oxygen atoms in total. The van der Waals surface area contributed by atoms with Crippen molar-refractivity contribution in [3.05, 3.63) is 77.2 Å². The minimum atomic E-state index is 0.502. The van der Waals surface area contributed by atoms with Crippen LogP contribution in [0.4, 0.5) is 5.95 Å². The van der Waals surface area contributed by atoms with Crippen molar-refractivity contribution < 1.29 is 0 Å². The van der Waals surface area contributed by atoms with Crippen molar-refractivity contribution in [2.24, 2.45) is 5.73 Å². The van der Waals surface area contributed by atoms with E-state index in [4.69, 9.17) is 10.7 Å². The van der Waals surface area contributed by atoms with E-state index in [0.717, 1.165) is 34.4 Å². The summed E-state index contributed by atoms with van der Waals surface area (Å²) in [5.41, 5.74) is 10.3. The summed E-state index contributed by atoms with van der Waals surface area (Å²) in [4.78, 5) is 13.9. The summed E-state index contributed by atoms with van der Waals surface area (Å²) in [6.07, 6.45) is 0.738. The lowest BCUT2D eigenvalue weighted by atomic mass is 10.1. The predicted molar refractivity (Wildman–Crippen MR) is 112 cm³/mol. The van der Waals surface area contributed by atoms with Crippen LogP contribution in [-0.2, 0) is 19.5 Å². The molecule has 0 radical (unpaired) electrons. The Bertz CT molecular complexity index is 1100. The normalized spacial score (nSPS) is 11.1. The average molecular weight is 372 g/mol. The van der Waals surface area contributed by atoms with Crippen LogP contribution in [0.25, 0.3) is 16.9 Å². The first-order chi connectivity index (χ1) is 13.7. The monoisotopic (exact) mass is 372 g/mol. The van der Waals surface area contributed by atoms with Gasteiger partial charge in [0.1, 0.15) is 5.82 Å². The molecule has 0 fully saturated rings. The quantitative estimate of drug-likeness (QED) is 0.539.